The number of ketones is 1. The van der Waals surface area contributed by atoms with Gasteiger partial charge in [0.15, 0.2) is 5.78 Å². The van der Waals surface area contributed by atoms with Gasteiger partial charge >= 0.3 is 0 Å². The van der Waals surface area contributed by atoms with E-state index in [1.807, 2.05) is 24.3 Å². The molecule has 0 aliphatic carbocycles. The fourth-order valence-electron chi connectivity index (χ4n) is 2.13. The minimum Gasteiger partial charge on any atom is -0.370 e. The lowest BCUT2D eigenvalue weighted by Gasteiger charge is -2.20. The number of carbonyl (C=O) groups excluding carboxylic acids is 1. The standard InChI is InChI=1S/C14H19N3O3S.ClH/c1-17-10-9-15-14(17)8-7-13(18)11-3-5-12(6-4-11)16-21(2,19)20;/h3-6,9-10,14-16H,7-8H2,1-2H3;1H. The van der Waals surface area contributed by atoms with E-state index in [2.05, 4.69) is 10.0 Å². The highest BCUT2D eigenvalue weighted by atomic mass is 35.5. The molecule has 1 atom stereocenters. The van der Waals surface area contributed by atoms with E-state index in [0.717, 1.165) is 6.26 Å². The summed E-state index contributed by atoms with van der Waals surface area (Å²) in [6, 6.07) is 6.46. The molecule has 1 heterocycles. The summed E-state index contributed by atoms with van der Waals surface area (Å²) >= 11 is 0. The van der Waals surface area contributed by atoms with Gasteiger partial charge < -0.3 is 10.2 Å². The van der Waals surface area contributed by atoms with Crippen LogP contribution >= 0.6 is 12.4 Å². The van der Waals surface area contributed by atoms with E-state index in [0.29, 0.717) is 24.1 Å². The van der Waals surface area contributed by atoms with Gasteiger partial charge in [-0.1, -0.05) is 0 Å². The molecule has 0 saturated carbocycles. The molecule has 0 fully saturated rings. The largest absolute Gasteiger partial charge is 0.370 e. The zero-order valence-electron chi connectivity index (χ0n) is 12.4. The second kappa shape index (κ2) is 7.51. The van der Waals surface area contributed by atoms with Crippen molar-refractivity contribution in [3.05, 3.63) is 42.2 Å². The molecule has 0 saturated heterocycles. The first-order valence-electron chi connectivity index (χ1n) is 6.61. The zero-order valence-corrected chi connectivity index (χ0v) is 14.1. The minimum absolute atomic E-state index is 0. The molecule has 0 radical (unpaired) electrons. The summed E-state index contributed by atoms with van der Waals surface area (Å²) in [6.07, 6.45) is 6.18. The van der Waals surface area contributed by atoms with E-state index in [1.54, 1.807) is 24.3 Å². The molecule has 1 aliphatic heterocycles. The molecule has 1 aliphatic rings. The summed E-state index contributed by atoms with van der Waals surface area (Å²) in [5.74, 6) is 0.0444. The van der Waals surface area contributed by atoms with Gasteiger partial charge in [-0.05, 0) is 30.7 Å². The summed E-state index contributed by atoms with van der Waals surface area (Å²) in [5.41, 5.74) is 1.04. The maximum absolute atomic E-state index is 12.1. The number of nitrogens with one attached hydrogen (secondary N) is 2. The van der Waals surface area contributed by atoms with Crippen molar-refractivity contribution in [2.45, 2.75) is 19.0 Å². The van der Waals surface area contributed by atoms with E-state index < -0.39 is 10.0 Å². The molecular formula is C14H20ClN3O3S. The molecular weight excluding hydrogens is 326 g/mol. The van der Waals surface area contributed by atoms with Crippen molar-refractivity contribution in [1.29, 1.82) is 0 Å². The minimum atomic E-state index is -3.29. The van der Waals surface area contributed by atoms with Crippen LogP contribution in [0.4, 0.5) is 5.69 Å². The lowest BCUT2D eigenvalue weighted by molar-refractivity contribution is 0.0969. The number of nitrogens with zero attached hydrogens (tertiary/aromatic N) is 1. The Labute approximate surface area is 137 Å². The highest BCUT2D eigenvalue weighted by Crippen LogP contribution is 2.15. The lowest BCUT2D eigenvalue weighted by atomic mass is 10.1. The zero-order chi connectivity index (χ0) is 15.5. The Balaban J connectivity index is 0.00000242. The van der Waals surface area contributed by atoms with Gasteiger partial charge in [0.2, 0.25) is 10.0 Å². The fraction of sp³-hybridized carbons (Fsp3) is 0.357. The van der Waals surface area contributed by atoms with Crippen LogP contribution in [0, 0.1) is 0 Å². The molecule has 1 aromatic carbocycles. The fourth-order valence-corrected chi connectivity index (χ4v) is 2.69. The van der Waals surface area contributed by atoms with Gasteiger partial charge in [-0.15, -0.1) is 12.4 Å². The Hall–Kier alpha value is -1.73. The number of hydrogen-bond acceptors (Lipinski definition) is 5. The van der Waals surface area contributed by atoms with Crippen LogP contribution in [-0.2, 0) is 10.0 Å². The van der Waals surface area contributed by atoms with Gasteiger partial charge in [0, 0.05) is 37.1 Å². The summed E-state index contributed by atoms with van der Waals surface area (Å²) in [5, 5.41) is 3.16. The maximum atomic E-state index is 12.1. The van der Waals surface area contributed by atoms with Gasteiger partial charge in [-0.2, -0.15) is 0 Å². The molecule has 0 amide bonds. The molecule has 22 heavy (non-hydrogen) atoms. The molecule has 0 spiro atoms. The smallest absolute Gasteiger partial charge is 0.229 e. The third kappa shape index (κ3) is 5.23. The third-order valence-corrected chi connectivity index (χ3v) is 3.85. The van der Waals surface area contributed by atoms with E-state index in [1.165, 1.54) is 0 Å². The molecule has 0 bridgehead atoms. The number of Topliss-reactive ketones (excluding diaryl/α,β-unsaturated/α-hetero) is 1. The SMILES string of the molecule is CN1C=CNC1CCC(=O)c1ccc(NS(C)(=O)=O)cc1.Cl. The van der Waals surface area contributed by atoms with Crippen LogP contribution in [0.15, 0.2) is 36.7 Å². The summed E-state index contributed by atoms with van der Waals surface area (Å²) < 4.78 is 24.6. The van der Waals surface area contributed by atoms with Gasteiger partial charge in [0.1, 0.15) is 0 Å². The summed E-state index contributed by atoms with van der Waals surface area (Å²) in [7, 11) is -1.34. The summed E-state index contributed by atoms with van der Waals surface area (Å²) in [4.78, 5) is 14.1. The van der Waals surface area contributed by atoms with Crippen LogP contribution in [0.2, 0.25) is 0 Å². The van der Waals surface area contributed by atoms with Crippen LogP contribution in [0.1, 0.15) is 23.2 Å². The van der Waals surface area contributed by atoms with Crippen LogP contribution < -0.4 is 10.0 Å². The third-order valence-electron chi connectivity index (χ3n) is 3.24. The van der Waals surface area contributed by atoms with Crippen LogP contribution in [0.5, 0.6) is 0 Å². The average Bonchev–Trinajstić information content (AvgIpc) is 2.80. The molecule has 8 heteroatoms. The molecule has 0 aromatic heterocycles. The first-order valence-corrected chi connectivity index (χ1v) is 8.50. The van der Waals surface area contributed by atoms with E-state index >= 15 is 0 Å². The Bertz CT molecular complexity index is 644. The van der Waals surface area contributed by atoms with Crippen molar-refractivity contribution >= 4 is 33.9 Å². The Morgan fingerprint density at radius 3 is 2.45 bits per heavy atom. The van der Waals surface area contributed by atoms with Crippen molar-refractivity contribution in [1.82, 2.24) is 10.2 Å². The monoisotopic (exact) mass is 345 g/mol. The van der Waals surface area contributed by atoms with Crippen molar-refractivity contribution < 1.29 is 13.2 Å². The molecule has 122 valence electrons. The van der Waals surface area contributed by atoms with Gasteiger partial charge in [-0.3, -0.25) is 9.52 Å². The molecule has 6 nitrogen and oxygen atoms in total. The van der Waals surface area contributed by atoms with Crippen molar-refractivity contribution in [3.63, 3.8) is 0 Å². The predicted octanol–water partition coefficient (Wildman–Crippen LogP) is 1.78. The van der Waals surface area contributed by atoms with Crippen LogP contribution in [0.3, 0.4) is 0 Å². The molecule has 1 aromatic rings. The quantitative estimate of drug-likeness (QED) is 0.768. The number of carbonyl (C=O) groups is 1. The number of sulfonamides is 1. The Morgan fingerprint density at radius 1 is 1.32 bits per heavy atom. The van der Waals surface area contributed by atoms with E-state index in [9.17, 15) is 13.2 Å². The van der Waals surface area contributed by atoms with Crippen molar-refractivity contribution in [3.8, 4) is 0 Å². The second-order valence-corrected chi connectivity index (χ2v) is 6.83. The molecule has 2 N–H and O–H groups in total. The van der Waals surface area contributed by atoms with Gasteiger partial charge in [-0.25, -0.2) is 8.42 Å². The van der Waals surface area contributed by atoms with Crippen LogP contribution in [-0.4, -0.2) is 38.6 Å². The average molecular weight is 346 g/mol. The van der Waals surface area contributed by atoms with E-state index in [4.69, 9.17) is 0 Å². The second-order valence-electron chi connectivity index (χ2n) is 5.08. The number of benzene rings is 1. The number of halogens is 1. The Morgan fingerprint density at radius 2 is 1.95 bits per heavy atom. The topological polar surface area (TPSA) is 78.5 Å². The number of anilines is 1. The predicted molar refractivity (Wildman–Crippen MR) is 89.5 cm³/mol. The van der Waals surface area contributed by atoms with Crippen LogP contribution in [0.25, 0.3) is 0 Å². The van der Waals surface area contributed by atoms with Crippen molar-refractivity contribution in [2.24, 2.45) is 0 Å². The highest BCUT2D eigenvalue weighted by molar-refractivity contribution is 7.92. The summed E-state index contributed by atoms with van der Waals surface area (Å²) in [6.45, 7) is 0. The maximum Gasteiger partial charge on any atom is 0.229 e. The Kier molecular flexibility index (Phi) is 6.25. The lowest BCUT2D eigenvalue weighted by Crippen LogP contribution is -2.32. The normalized spacial score (nSPS) is 16.8. The highest BCUT2D eigenvalue weighted by Gasteiger charge is 2.16. The first kappa shape index (κ1) is 18.3. The first-order chi connectivity index (χ1) is 9.85. The molecule has 1 unspecified atom stereocenters. The van der Waals surface area contributed by atoms with Crippen molar-refractivity contribution in [2.75, 3.05) is 18.0 Å². The van der Waals surface area contributed by atoms with Gasteiger partial charge in [0.05, 0.1) is 12.4 Å². The molecule has 2 rings (SSSR count). The van der Waals surface area contributed by atoms with Gasteiger partial charge in [0.25, 0.3) is 0 Å². The number of hydrogen-bond donors (Lipinski definition) is 2. The van der Waals surface area contributed by atoms with E-state index in [-0.39, 0.29) is 24.4 Å². The number of rotatable bonds is 6.